The van der Waals surface area contributed by atoms with Crippen LogP contribution in [0.5, 0.6) is 0 Å². The van der Waals surface area contributed by atoms with E-state index in [2.05, 4.69) is 4.98 Å². The maximum absolute atomic E-state index is 12.7. The van der Waals surface area contributed by atoms with Crippen LogP contribution in [-0.2, 0) is 6.42 Å². The molecule has 0 spiro atoms. The monoisotopic (exact) mass is 264 g/mol. The van der Waals surface area contributed by atoms with Crippen molar-refractivity contribution in [1.82, 2.24) is 9.38 Å². The molecule has 1 aromatic carbocycles. The number of aromatic nitrogens is 2. The van der Waals surface area contributed by atoms with Gasteiger partial charge < -0.3 is 0 Å². The van der Waals surface area contributed by atoms with E-state index in [1.165, 1.54) is 0 Å². The smallest absolute Gasteiger partial charge is 0.261 e. The summed E-state index contributed by atoms with van der Waals surface area (Å²) in [5.74, 6) is 0. The summed E-state index contributed by atoms with van der Waals surface area (Å²) in [6, 6.07) is 15.7. The highest BCUT2D eigenvalue weighted by molar-refractivity contribution is 5.43. The number of aryl methyl sites for hydroxylation is 2. The van der Waals surface area contributed by atoms with Gasteiger partial charge in [-0.2, -0.15) is 0 Å². The van der Waals surface area contributed by atoms with Crippen LogP contribution in [-0.4, -0.2) is 9.38 Å². The molecule has 3 heteroatoms. The van der Waals surface area contributed by atoms with Crippen molar-refractivity contribution in [2.45, 2.75) is 20.3 Å². The fourth-order valence-electron chi connectivity index (χ4n) is 2.49. The molecule has 0 unspecified atom stereocenters. The Morgan fingerprint density at radius 1 is 1.00 bits per heavy atom. The van der Waals surface area contributed by atoms with Gasteiger partial charge >= 0.3 is 0 Å². The van der Waals surface area contributed by atoms with Gasteiger partial charge in [-0.3, -0.25) is 9.20 Å². The molecule has 0 radical (unpaired) electrons. The average molecular weight is 264 g/mol. The summed E-state index contributed by atoms with van der Waals surface area (Å²) in [5, 5.41) is 0. The largest absolute Gasteiger partial charge is 0.269 e. The number of rotatable bonds is 2. The normalized spacial score (nSPS) is 10.9. The maximum atomic E-state index is 12.7. The molecular weight excluding hydrogens is 248 g/mol. The van der Waals surface area contributed by atoms with Gasteiger partial charge in [-0.15, -0.1) is 0 Å². The van der Waals surface area contributed by atoms with Gasteiger partial charge in [0.1, 0.15) is 5.65 Å². The summed E-state index contributed by atoms with van der Waals surface area (Å²) in [6.07, 6.45) is 0.621. The maximum Gasteiger partial charge on any atom is 0.261 e. The lowest BCUT2D eigenvalue weighted by molar-refractivity contribution is 0.923. The van der Waals surface area contributed by atoms with E-state index in [1.807, 2.05) is 62.4 Å². The van der Waals surface area contributed by atoms with E-state index in [0.717, 1.165) is 22.5 Å². The fourth-order valence-corrected chi connectivity index (χ4v) is 2.49. The highest BCUT2D eigenvalue weighted by atomic mass is 16.1. The molecule has 3 rings (SSSR count). The predicted octanol–water partition coefficient (Wildman–Crippen LogP) is 2.90. The lowest BCUT2D eigenvalue weighted by Crippen LogP contribution is -2.23. The third kappa shape index (κ3) is 2.11. The van der Waals surface area contributed by atoms with Crippen molar-refractivity contribution in [3.8, 4) is 0 Å². The predicted molar refractivity (Wildman–Crippen MR) is 80.2 cm³/mol. The third-order valence-corrected chi connectivity index (χ3v) is 3.57. The lowest BCUT2D eigenvalue weighted by Gasteiger charge is -2.10. The third-order valence-electron chi connectivity index (χ3n) is 3.57. The minimum absolute atomic E-state index is 0.0365. The molecule has 0 amide bonds. The minimum Gasteiger partial charge on any atom is -0.269 e. The molecule has 0 N–H and O–H groups in total. The topological polar surface area (TPSA) is 34.4 Å². The first-order valence-corrected chi connectivity index (χ1v) is 6.68. The van der Waals surface area contributed by atoms with Gasteiger partial charge in [0.2, 0.25) is 0 Å². The molecule has 0 aliphatic rings. The summed E-state index contributed by atoms with van der Waals surface area (Å²) in [5.41, 5.74) is 4.36. The molecule has 100 valence electrons. The molecule has 0 aliphatic heterocycles. The Balaban J connectivity index is 2.21. The van der Waals surface area contributed by atoms with Crippen LogP contribution in [0, 0.1) is 13.8 Å². The molecule has 0 saturated carbocycles. The Morgan fingerprint density at radius 2 is 1.75 bits per heavy atom. The average Bonchev–Trinajstić information content (AvgIpc) is 2.44. The molecule has 3 aromatic rings. The second-order valence-corrected chi connectivity index (χ2v) is 5.00. The van der Waals surface area contributed by atoms with Crippen molar-refractivity contribution in [2.75, 3.05) is 0 Å². The summed E-state index contributed by atoms with van der Waals surface area (Å²) >= 11 is 0. The molecule has 20 heavy (non-hydrogen) atoms. The Hall–Kier alpha value is -2.42. The summed E-state index contributed by atoms with van der Waals surface area (Å²) < 4.78 is 1.69. The van der Waals surface area contributed by atoms with Crippen molar-refractivity contribution in [2.24, 2.45) is 0 Å². The Labute approximate surface area is 117 Å². The molecule has 0 atom stereocenters. The summed E-state index contributed by atoms with van der Waals surface area (Å²) in [6.45, 7) is 3.83. The zero-order valence-electron chi connectivity index (χ0n) is 11.6. The van der Waals surface area contributed by atoms with Crippen molar-refractivity contribution in [3.63, 3.8) is 0 Å². The van der Waals surface area contributed by atoms with Gasteiger partial charge in [0.15, 0.2) is 0 Å². The lowest BCUT2D eigenvalue weighted by atomic mass is 10.1. The first-order valence-electron chi connectivity index (χ1n) is 6.68. The number of benzene rings is 1. The van der Waals surface area contributed by atoms with Crippen molar-refractivity contribution in [3.05, 3.63) is 81.4 Å². The van der Waals surface area contributed by atoms with Crippen molar-refractivity contribution in [1.29, 1.82) is 0 Å². The molecule has 0 aliphatic carbocycles. The second kappa shape index (κ2) is 4.93. The number of nitrogens with zero attached hydrogens (tertiary/aromatic N) is 2. The van der Waals surface area contributed by atoms with E-state index in [0.29, 0.717) is 12.1 Å². The van der Waals surface area contributed by atoms with Crippen molar-refractivity contribution < 1.29 is 0 Å². The van der Waals surface area contributed by atoms with E-state index in [1.54, 1.807) is 4.40 Å². The number of pyridine rings is 1. The SMILES string of the molecule is Cc1nc2cccc(C)n2c(=O)c1Cc1ccccc1. The Kier molecular flexibility index (Phi) is 3.11. The standard InChI is InChI=1S/C17H16N2O/c1-12-7-6-10-16-18-13(2)15(17(20)19(12)16)11-14-8-4-3-5-9-14/h3-10H,11H2,1-2H3. The van der Waals surface area contributed by atoms with Gasteiger partial charge in [-0.1, -0.05) is 36.4 Å². The van der Waals surface area contributed by atoms with E-state index in [-0.39, 0.29) is 5.56 Å². The van der Waals surface area contributed by atoms with Crippen molar-refractivity contribution >= 4 is 5.65 Å². The molecule has 3 nitrogen and oxygen atoms in total. The quantitative estimate of drug-likeness (QED) is 0.713. The van der Waals surface area contributed by atoms with Gasteiger partial charge in [0.25, 0.3) is 5.56 Å². The number of hydrogen-bond donors (Lipinski definition) is 0. The first-order chi connectivity index (χ1) is 9.66. The van der Waals surface area contributed by atoms with Gasteiger partial charge in [0.05, 0.1) is 0 Å². The van der Waals surface area contributed by atoms with Crippen LogP contribution in [0.25, 0.3) is 5.65 Å². The van der Waals surface area contributed by atoms with Gasteiger partial charge in [-0.05, 0) is 31.5 Å². The van der Waals surface area contributed by atoms with E-state index in [9.17, 15) is 4.79 Å². The van der Waals surface area contributed by atoms with Crippen LogP contribution < -0.4 is 5.56 Å². The van der Waals surface area contributed by atoms with E-state index in [4.69, 9.17) is 0 Å². The Bertz CT molecular complexity index is 820. The number of fused-ring (bicyclic) bond motifs is 1. The fraction of sp³-hybridized carbons (Fsp3) is 0.176. The molecule has 2 heterocycles. The van der Waals surface area contributed by atoms with Crippen LogP contribution >= 0.6 is 0 Å². The molecule has 0 bridgehead atoms. The van der Waals surface area contributed by atoms with Crippen LogP contribution in [0.2, 0.25) is 0 Å². The Morgan fingerprint density at radius 3 is 2.50 bits per heavy atom. The van der Waals surface area contributed by atoms with Crippen LogP contribution in [0.15, 0.2) is 53.3 Å². The summed E-state index contributed by atoms with van der Waals surface area (Å²) in [7, 11) is 0. The summed E-state index contributed by atoms with van der Waals surface area (Å²) in [4.78, 5) is 17.3. The highest BCUT2D eigenvalue weighted by Gasteiger charge is 2.11. The van der Waals surface area contributed by atoms with Gasteiger partial charge in [0, 0.05) is 23.4 Å². The van der Waals surface area contributed by atoms with E-state index >= 15 is 0 Å². The van der Waals surface area contributed by atoms with Crippen LogP contribution in [0.1, 0.15) is 22.5 Å². The zero-order chi connectivity index (χ0) is 14.1. The van der Waals surface area contributed by atoms with Crippen LogP contribution in [0.3, 0.4) is 0 Å². The molecular formula is C17H16N2O. The number of hydrogen-bond acceptors (Lipinski definition) is 2. The van der Waals surface area contributed by atoms with Gasteiger partial charge in [-0.25, -0.2) is 4.98 Å². The highest BCUT2D eigenvalue weighted by Crippen LogP contribution is 2.11. The first kappa shape index (κ1) is 12.6. The minimum atomic E-state index is 0.0365. The molecule has 0 saturated heterocycles. The second-order valence-electron chi connectivity index (χ2n) is 5.00. The zero-order valence-corrected chi connectivity index (χ0v) is 11.6. The van der Waals surface area contributed by atoms with E-state index < -0.39 is 0 Å². The molecule has 2 aromatic heterocycles. The van der Waals surface area contributed by atoms with Crippen LogP contribution in [0.4, 0.5) is 0 Å². The molecule has 0 fully saturated rings.